The third kappa shape index (κ3) is 1.76. The van der Waals surface area contributed by atoms with Gasteiger partial charge in [-0.2, -0.15) is 0 Å². The van der Waals surface area contributed by atoms with E-state index in [0.717, 1.165) is 11.4 Å². The normalized spacial score (nSPS) is 5.00. The molecule has 0 N–H and O–H groups in total. The van der Waals surface area contributed by atoms with Crippen LogP contribution in [0.4, 0.5) is 0 Å². The second kappa shape index (κ2) is 2.76. The van der Waals surface area contributed by atoms with Crippen molar-refractivity contribution in [2.24, 2.45) is 0 Å². The van der Waals surface area contributed by atoms with Crippen LogP contribution < -0.4 is 0 Å². The summed E-state index contributed by atoms with van der Waals surface area (Å²) in [4.78, 5) is 9.07. The first-order valence-corrected chi connectivity index (χ1v) is 1.81. The Kier molecular flexibility index (Phi) is 2.59. The lowest BCUT2D eigenvalue weighted by Crippen LogP contribution is -1.52. The van der Waals surface area contributed by atoms with E-state index < -0.39 is 0 Å². The third-order valence-corrected chi connectivity index (χ3v) is 0.204. The summed E-state index contributed by atoms with van der Waals surface area (Å²) in [7, 11) is 0. The Balaban J connectivity index is 2.73. The highest BCUT2D eigenvalue weighted by Crippen LogP contribution is 1.22. The molecule has 22 valence electrons. The highest BCUT2D eigenvalue weighted by atomic mass is 32.1. The first-order valence-electron chi connectivity index (χ1n) is 0.760. The standard InChI is InChI=1S/C2H3OS/c1-4-2-3/h2H,1H2/q+1. The maximum absolute atomic E-state index is 9.07. The van der Waals surface area contributed by atoms with Crippen LogP contribution in [0.2, 0.25) is 0 Å². The number of hydrogen-bond acceptors (Lipinski definition) is 1. The van der Waals surface area contributed by atoms with E-state index in [-0.39, 0.29) is 0 Å². The summed E-state index contributed by atoms with van der Waals surface area (Å²) in [5, 5.41) is 0. The van der Waals surface area contributed by atoms with Gasteiger partial charge in [0.2, 0.25) is 11.4 Å². The van der Waals surface area contributed by atoms with E-state index in [9.17, 15) is 0 Å². The second-order valence-corrected chi connectivity index (χ2v) is 0.789. The minimum absolute atomic E-state index is 0.681. The van der Waals surface area contributed by atoms with Gasteiger partial charge in [-0.05, 0) is 0 Å². The number of hydrogen-bond donors (Lipinski definition) is 0. The maximum Gasteiger partial charge on any atom is 0.392 e. The van der Waals surface area contributed by atoms with Gasteiger partial charge >= 0.3 is 5.62 Å². The summed E-state index contributed by atoms with van der Waals surface area (Å²) in [5.41, 5.74) is 0.681. The fourth-order valence-corrected chi connectivity index (χ4v) is 0. The summed E-state index contributed by atoms with van der Waals surface area (Å²) in [6.45, 7) is 0. The van der Waals surface area contributed by atoms with E-state index in [1.165, 1.54) is 0 Å². The van der Waals surface area contributed by atoms with Crippen LogP contribution in [0.3, 0.4) is 0 Å². The van der Waals surface area contributed by atoms with Gasteiger partial charge in [-0.25, -0.2) is 4.79 Å². The molecule has 0 atom stereocenters. The zero-order valence-electron chi connectivity index (χ0n) is 2.10. The molecular formula is C2H3OS+. The Labute approximate surface area is 28.6 Å². The topological polar surface area (TPSA) is 17.1 Å². The Morgan fingerprint density at radius 1 is 2.00 bits per heavy atom. The molecule has 0 aromatic heterocycles. The van der Waals surface area contributed by atoms with Crippen molar-refractivity contribution >= 4 is 22.8 Å². The highest BCUT2D eigenvalue weighted by molar-refractivity contribution is 7.89. The summed E-state index contributed by atoms with van der Waals surface area (Å²) < 4.78 is 0. The minimum Gasteiger partial charge on any atom is -0.230 e. The van der Waals surface area contributed by atoms with Crippen LogP contribution in [0.15, 0.2) is 0 Å². The monoisotopic (exact) mass is 75.0 g/mol. The predicted molar refractivity (Wildman–Crippen MR) is 21.2 cm³/mol. The van der Waals surface area contributed by atoms with Crippen LogP contribution in [0.5, 0.6) is 0 Å². The average molecular weight is 75.1 g/mol. The molecule has 0 saturated carbocycles. The van der Waals surface area contributed by atoms with Gasteiger partial charge in [-0.15, -0.1) is 0 Å². The average Bonchev–Trinajstić information content (AvgIpc) is 1.37. The van der Waals surface area contributed by atoms with Gasteiger partial charge in [0.05, 0.1) is 0 Å². The SMILES string of the molecule is C=[S+]C=O. The van der Waals surface area contributed by atoms with Crippen molar-refractivity contribution < 1.29 is 4.79 Å². The number of rotatable bonds is 1. The van der Waals surface area contributed by atoms with Crippen LogP contribution in [0.25, 0.3) is 0 Å². The molecule has 1 nitrogen and oxygen atoms in total. The van der Waals surface area contributed by atoms with E-state index in [1.807, 2.05) is 0 Å². The van der Waals surface area contributed by atoms with Crippen LogP contribution in [0.1, 0.15) is 0 Å². The second-order valence-electron chi connectivity index (χ2n) is 0.263. The molecule has 0 aromatic rings. The molecule has 0 aromatic carbocycles. The van der Waals surface area contributed by atoms with Crippen molar-refractivity contribution in [1.29, 1.82) is 0 Å². The van der Waals surface area contributed by atoms with Gasteiger partial charge in [-0.1, -0.05) is 0 Å². The molecule has 0 unspecified atom stereocenters. The molecule has 0 saturated heterocycles. The molecule has 0 heterocycles. The molecule has 2 heteroatoms. The summed E-state index contributed by atoms with van der Waals surface area (Å²) in [6, 6.07) is 0. The lowest BCUT2D eigenvalue weighted by Gasteiger charge is -1.14. The van der Waals surface area contributed by atoms with Crippen LogP contribution >= 0.6 is 0 Å². The van der Waals surface area contributed by atoms with Crippen molar-refractivity contribution in [3.05, 3.63) is 0 Å². The third-order valence-electron chi connectivity index (χ3n) is 0.0680. The first kappa shape index (κ1) is 3.76. The van der Waals surface area contributed by atoms with Gasteiger partial charge < -0.3 is 0 Å². The van der Waals surface area contributed by atoms with Gasteiger partial charge in [0, 0.05) is 0 Å². The van der Waals surface area contributed by atoms with Crippen molar-refractivity contribution in [3.8, 4) is 0 Å². The minimum atomic E-state index is 0.681. The molecular weight excluding hydrogens is 72.1 g/mol. The molecule has 0 aliphatic heterocycles. The molecule has 0 bridgehead atoms. The van der Waals surface area contributed by atoms with E-state index >= 15 is 0 Å². The van der Waals surface area contributed by atoms with Gasteiger partial charge in [0.1, 0.15) is 0 Å². The quantitative estimate of drug-likeness (QED) is 0.237. The number of carbonyl (C=O) groups excluding carboxylic acids is 1. The van der Waals surface area contributed by atoms with Crippen LogP contribution in [-0.2, 0) is 16.1 Å². The van der Waals surface area contributed by atoms with Crippen molar-refractivity contribution in [1.82, 2.24) is 0 Å². The molecule has 0 aliphatic carbocycles. The van der Waals surface area contributed by atoms with E-state index in [4.69, 9.17) is 4.79 Å². The van der Waals surface area contributed by atoms with Crippen molar-refractivity contribution in [3.63, 3.8) is 0 Å². The Hall–Kier alpha value is -0.240. The maximum atomic E-state index is 9.07. The summed E-state index contributed by atoms with van der Waals surface area (Å²) in [6.07, 6.45) is 0. The van der Waals surface area contributed by atoms with Gasteiger partial charge in [0.25, 0.3) is 0 Å². The lowest BCUT2D eigenvalue weighted by atomic mass is 11.8. The molecule has 0 fully saturated rings. The fourth-order valence-electron chi connectivity index (χ4n) is 0. The predicted octanol–water partition coefficient (Wildman–Crippen LogP) is -0.309. The van der Waals surface area contributed by atoms with Crippen LogP contribution in [0, 0.1) is 0 Å². The lowest BCUT2D eigenvalue weighted by molar-refractivity contribution is 0.570. The molecule has 0 rings (SSSR count). The smallest absolute Gasteiger partial charge is 0.230 e. The van der Waals surface area contributed by atoms with Crippen molar-refractivity contribution in [2.45, 2.75) is 0 Å². The van der Waals surface area contributed by atoms with Crippen LogP contribution in [-0.4, -0.2) is 11.5 Å². The number of carbonyl (C=O) groups is 1. The fraction of sp³-hybridized carbons (Fsp3) is 0. The first-order chi connectivity index (χ1) is 1.91. The van der Waals surface area contributed by atoms with Crippen molar-refractivity contribution in [2.75, 3.05) is 0 Å². The summed E-state index contributed by atoms with van der Waals surface area (Å²) >= 11 is 0.926. The van der Waals surface area contributed by atoms with Gasteiger partial charge in [-0.3, -0.25) is 0 Å². The zero-order valence-corrected chi connectivity index (χ0v) is 2.92. The molecule has 0 amide bonds. The Morgan fingerprint density at radius 2 is 2.25 bits per heavy atom. The molecule has 0 aliphatic rings. The largest absolute Gasteiger partial charge is 0.392 e. The zero-order chi connectivity index (χ0) is 3.41. The molecule has 0 spiro atoms. The van der Waals surface area contributed by atoms with E-state index in [2.05, 4.69) is 5.87 Å². The summed E-state index contributed by atoms with van der Waals surface area (Å²) in [5.74, 6) is 3.15. The Morgan fingerprint density at radius 3 is 2.25 bits per heavy atom. The molecule has 4 heavy (non-hydrogen) atoms. The van der Waals surface area contributed by atoms with E-state index in [0.29, 0.717) is 5.62 Å². The highest BCUT2D eigenvalue weighted by Gasteiger charge is 1.63. The Bertz CT molecular complexity index is 27.0. The van der Waals surface area contributed by atoms with Gasteiger partial charge in [0.15, 0.2) is 5.87 Å². The van der Waals surface area contributed by atoms with E-state index in [1.54, 1.807) is 0 Å². The molecule has 0 radical (unpaired) electrons.